The van der Waals surface area contributed by atoms with Gasteiger partial charge < -0.3 is 15.2 Å². The molecule has 0 aromatic carbocycles. The molecule has 1 aliphatic heterocycles. The molecule has 1 saturated heterocycles. The zero-order chi connectivity index (χ0) is 12.2. The molecule has 96 valence electrons. The Balaban J connectivity index is 2.32. The Labute approximate surface area is 99.6 Å². The van der Waals surface area contributed by atoms with E-state index in [1.807, 2.05) is 0 Å². The van der Waals surface area contributed by atoms with Crippen molar-refractivity contribution in [3.8, 4) is 0 Å². The van der Waals surface area contributed by atoms with E-state index in [-0.39, 0.29) is 12.0 Å². The summed E-state index contributed by atoms with van der Waals surface area (Å²) >= 11 is 0. The molecule has 16 heavy (non-hydrogen) atoms. The molecule has 2 atom stereocenters. The third kappa shape index (κ3) is 4.40. The summed E-state index contributed by atoms with van der Waals surface area (Å²) in [5.41, 5.74) is -0.0222. The number of aliphatic hydroxyl groups is 1. The SMILES string of the molecule is CC(C)C1CC(NCC(C)(C)CO)CCO1. The van der Waals surface area contributed by atoms with Crippen LogP contribution in [0.5, 0.6) is 0 Å². The van der Waals surface area contributed by atoms with Crippen LogP contribution in [0.15, 0.2) is 0 Å². The number of hydrogen-bond donors (Lipinski definition) is 2. The van der Waals surface area contributed by atoms with Gasteiger partial charge in [0, 0.05) is 31.2 Å². The predicted molar refractivity (Wildman–Crippen MR) is 66.5 cm³/mol. The predicted octanol–water partition coefficient (Wildman–Crippen LogP) is 1.80. The van der Waals surface area contributed by atoms with Crippen LogP contribution in [0, 0.1) is 11.3 Å². The van der Waals surface area contributed by atoms with Crippen molar-refractivity contribution in [1.82, 2.24) is 5.32 Å². The van der Waals surface area contributed by atoms with E-state index in [0.29, 0.717) is 18.1 Å². The average Bonchev–Trinajstić information content (AvgIpc) is 2.27. The molecule has 2 unspecified atom stereocenters. The van der Waals surface area contributed by atoms with E-state index >= 15 is 0 Å². The Hall–Kier alpha value is -0.120. The number of rotatable bonds is 5. The summed E-state index contributed by atoms with van der Waals surface area (Å²) in [6.07, 6.45) is 2.58. The highest BCUT2D eigenvalue weighted by molar-refractivity contribution is 4.81. The Morgan fingerprint density at radius 3 is 2.69 bits per heavy atom. The first-order valence-electron chi connectivity index (χ1n) is 6.40. The summed E-state index contributed by atoms with van der Waals surface area (Å²) < 4.78 is 5.74. The second-order valence-electron chi connectivity index (χ2n) is 6.08. The molecule has 3 heteroatoms. The standard InChI is InChI=1S/C13H27NO2/c1-10(2)12-7-11(5-6-16-12)14-8-13(3,4)9-15/h10-12,14-15H,5-9H2,1-4H3. The fourth-order valence-corrected chi connectivity index (χ4v) is 1.95. The molecule has 1 heterocycles. The number of nitrogens with one attached hydrogen (secondary N) is 1. The molecule has 1 aliphatic rings. The topological polar surface area (TPSA) is 41.5 Å². The molecule has 0 bridgehead atoms. The number of aliphatic hydroxyl groups excluding tert-OH is 1. The Morgan fingerprint density at radius 1 is 1.44 bits per heavy atom. The maximum Gasteiger partial charge on any atom is 0.0612 e. The molecule has 0 amide bonds. The van der Waals surface area contributed by atoms with Gasteiger partial charge in [0.05, 0.1) is 6.10 Å². The lowest BCUT2D eigenvalue weighted by Gasteiger charge is -2.34. The lowest BCUT2D eigenvalue weighted by atomic mass is 9.92. The molecule has 0 aromatic heterocycles. The maximum absolute atomic E-state index is 9.20. The van der Waals surface area contributed by atoms with Crippen LogP contribution in [0.25, 0.3) is 0 Å². The van der Waals surface area contributed by atoms with Crippen LogP contribution in [0.2, 0.25) is 0 Å². The minimum atomic E-state index is -0.0222. The fourth-order valence-electron chi connectivity index (χ4n) is 1.95. The van der Waals surface area contributed by atoms with Gasteiger partial charge in [-0.15, -0.1) is 0 Å². The van der Waals surface area contributed by atoms with Crippen molar-refractivity contribution in [1.29, 1.82) is 0 Å². The molecule has 2 N–H and O–H groups in total. The summed E-state index contributed by atoms with van der Waals surface area (Å²) in [5, 5.41) is 12.8. The third-order valence-electron chi connectivity index (χ3n) is 3.36. The second kappa shape index (κ2) is 5.99. The van der Waals surface area contributed by atoms with E-state index in [9.17, 15) is 5.11 Å². The molecular formula is C13H27NO2. The van der Waals surface area contributed by atoms with Crippen LogP contribution in [0.1, 0.15) is 40.5 Å². The molecule has 0 aliphatic carbocycles. The largest absolute Gasteiger partial charge is 0.396 e. The summed E-state index contributed by atoms with van der Waals surface area (Å²) in [6, 6.07) is 0.548. The van der Waals surface area contributed by atoms with Gasteiger partial charge in [-0.05, 0) is 18.8 Å². The lowest BCUT2D eigenvalue weighted by molar-refractivity contribution is -0.0260. The van der Waals surface area contributed by atoms with E-state index < -0.39 is 0 Å². The Bertz CT molecular complexity index is 204. The van der Waals surface area contributed by atoms with Gasteiger partial charge in [0.25, 0.3) is 0 Å². The second-order valence-corrected chi connectivity index (χ2v) is 6.08. The van der Waals surface area contributed by atoms with E-state index in [2.05, 4.69) is 33.0 Å². The summed E-state index contributed by atoms with van der Waals surface area (Å²) in [6.45, 7) is 10.6. The lowest BCUT2D eigenvalue weighted by Crippen LogP contribution is -2.44. The molecule has 0 radical (unpaired) electrons. The molecular weight excluding hydrogens is 202 g/mol. The van der Waals surface area contributed by atoms with Gasteiger partial charge in [0.2, 0.25) is 0 Å². The molecule has 1 rings (SSSR count). The van der Waals surface area contributed by atoms with E-state index in [1.54, 1.807) is 0 Å². The van der Waals surface area contributed by atoms with E-state index in [4.69, 9.17) is 4.74 Å². The highest BCUT2D eigenvalue weighted by atomic mass is 16.5. The van der Waals surface area contributed by atoms with Crippen molar-refractivity contribution in [3.63, 3.8) is 0 Å². The Kier molecular flexibility index (Phi) is 5.22. The number of hydrogen-bond acceptors (Lipinski definition) is 3. The van der Waals surface area contributed by atoms with Crippen LogP contribution in [-0.4, -0.2) is 37.0 Å². The molecule has 1 fully saturated rings. The van der Waals surface area contributed by atoms with Gasteiger partial charge in [-0.25, -0.2) is 0 Å². The van der Waals surface area contributed by atoms with Crippen LogP contribution in [0.4, 0.5) is 0 Å². The van der Waals surface area contributed by atoms with Crippen molar-refractivity contribution < 1.29 is 9.84 Å². The van der Waals surface area contributed by atoms with Gasteiger partial charge in [-0.2, -0.15) is 0 Å². The van der Waals surface area contributed by atoms with Gasteiger partial charge in [0.15, 0.2) is 0 Å². The van der Waals surface area contributed by atoms with Gasteiger partial charge in [0.1, 0.15) is 0 Å². The van der Waals surface area contributed by atoms with Crippen LogP contribution >= 0.6 is 0 Å². The number of ether oxygens (including phenoxy) is 1. The monoisotopic (exact) mass is 229 g/mol. The van der Waals surface area contributed by atoms with Crippen molar-refractivity contribution in [3.05, 3.63) is 0 Å². The molecule has 0 saturated carbocycles. The highest BCUT2D eigenvalue weighted by Crippen LogP contribution is 2.21. The van der Waals surface area contributed by atoms with Crippen LogP contribution < -0.4 is 5.32 Å². The van der Waals surface area contributed by atoms with Crippen molar-refractivity contribution in [2.45, 2.75) is 52.7 Å². The van der Waals surface area contributed by atoms with E-state index in [0.717, 1.165) is 26.0 Å². The third-order valence-corrected chi connectivity index (χ3v) is 3.36. The smallest absolute Gasteiger partial charge is 0.0612 e. The minimum Gasteiger partial charge on any atom is -0.396 e. The van der Waals surface area contributed by atoms with Crippen LogP contribution in [0.3, 0.4) is 0 Å². The van der Waals surface area contributed by atoms with Crippen molar-refractivity contribution >= 4 is 0 Å². The van der Waals surface area contributed by atoms with Crippen molar-refractivity contribution in [2.24, 2.45) is 11.3 Å². The average molecular weight is 229 g/mol. The van der Waals surface area contributed by atoms with Gasteiger partial charge in [-0.3, -0.25) is 0 Å². The zero-order valence-electron chi connectivity index (χ0n) is 11.1. The van der Waals surface area contributed by atoms with Gasteiger partial charge in [-0.1, -0.05) is 27.7 Å². The van der Waals surface area contributed by atoms with Crippen LogP contribution in [-0.2, 0) is 4.74 Å². The summed E-state index contributed by atoms with van der Waals surface area (Å²) in [4.78, 5) is 0. The first-order chi connectivity index (χ1) is 7.44. The molecule has 0 aromatic rings. The quantitative estimate of drug-likeness (QED) is 0.755. The van der Waals surface area contributed by atoms with Crippen molar-refractivity contribution in [2.75, 3.05) is 19.8 Å². The van der Waals surface area contributed by atoms with E-state index in [1.165, 1.54) is 0 Å². The maximum atomic E-state index is 9.20. The summed E-state index contributed by atoms with van der Waals surface area (Å²) in [5.74, 6) is 0.593. The van der Waals surface area contributed by atoms with Gasteiger partial charge >= 0.3 is 0 Å². The zero-order valence-corrected chi connectivity index (χ0v) is 11.1. The highest BCUT2D eigenvalue weighted by Gasteiger charge is 2.26. The minimum absolute atomic E-state index is 0.0222. The molecule has 0 spiro atoms. The Morgan fingerprint density at radius 2 is 2.12 bits per heavy atom. The fraction of sp³-hybridized carbons (Fsp3) is 1.00. The first kappa shape index (κ1) is 13.9. The normalized spacial score (nSPS) is 27.4. The first-order valence-corrected chi connectivity index (χ1v) is 6.40. The summed E-state index contributed by atoms with van der Waals surface area (Å²) in [7, 11) is 0. The molecule has 3 nitrogen and oxygen atoms in total.